The minimum Gasteiger partial charge on any atom is -0.476 e. The van der Waals surface area contributed by atoms with Crippen LogP contribution in [-0.4, -0.2) is 44.6 Å². The van der Waals surface area contributed by atoms with Gasteiger partial charge in [0.25, 0.3) is 0 Å². The molecule has 0 aliphatic heterocycles. The molecule has 1 aromatic rings. The molecule has 1 heterocycles. The van der Waals surface area contributed by atoms with Gasteiger partial charge in [-0.3, -0.25) is 4.79 Å². The van der Waals surface area contributed by atoms with Crippen molar-refractivity contribution >= 4 is 11.9 Å². The van der Waals surface area contributed by atoms with Crippen LogP contribution in [-0.2, 0) is 11.3 Å². The summed E-state index contributed by atoms with van der Waals surface area (Å²) < 4.78 is 1.34. The van der Waals surface area contributed by atoms with Gasteiger partial charge in [0, 0.05) is 6.54 Å². The van der Waals surface area contributed by atoms with Crippen LogP contribution in [0.15, 0.2) is 6.20 Å². The second kappa shape index (κ2) is 5.21. The molecular weight excluding hydrogens is 214 g/mol. The fourth-order valence-electron chi connectivity index (χ4n) is 0.960. The van der Waals surface area contributed by atoms with Gasteiger partial charge in [0.15, 0.2) is 5.69 Å². The van der Waals surface area contributed by atoms with E-state index in [-0.39, 0.29) is 11.6 Å². The molecule has 0 saturated carbocycles. The third-order valence-electron chi connectivity index (χ3n) is 1.81. The summed E-state index contributed by atoms with van der Waals surface area (Å²) in [5.41, 5.74) is 5.21. The molecule has 1 amide bonds. The maximum atomic E-state index is 11.1. The Labute approximate surface area is 91.4 Å². The molecule has 0 aliphatic rings. The topological polar surface area (TPSA) is 123 Å². The van der Waals surface area contributed by atoms with Crippen LogP contribution in [0.2, 0.25) is 0 Å². The van der Waals surface area contributed by atoms with Gasteiger partial charge < -0.3 is 16.2 Å². The Morgan fingerprint density at radius 3 is 2.88 bits per heavy atom. The summed E-state index contributed by atoms with van der Waals surface area (Å²) in [5.74, 6) is -1.40. The van der Waals surface area contributed by atoms with Crippen molar-refractivity contribution in [1.82, 2.24) is 20.3 Å². The fourth-order valence-corrected chi connectivity index (χ4v) is 0.960. The number of nitrogens with one attached hydrogen (secondary N) is 1. The Balaban J connectivity index is 2.37. The van der Waals surface area contributed by atoms with E-state index in [1.54, 1.807) is 6.92 Å². The van der Waals surface area contributed by atoms with E-state index >= 15 is 0 Å². The van der Waals surface area contributed by atoms with E-state index < -0.39 is 12.0 Å². The number of aromatic carboxylic acids is 1. The third kappa shape index (κ3) is 3.31. The first-order chi connectivity index (χ1) is 7.50. The molecule has 4 N–H and O–H groups in total. The molecule has 0 aliphatic carbocycles. The van der Waals surface area contributed by atoms with Gasteiger partial charge in [-0.05, 0) is 6.92 Å². The lowest BCUT2D eigenvalue weighted by Gasteiger charge is -2.06. The number of carbonyl (C=O) groups excluding carboxylic acids is 1. The Morgan fingerprint density at radius 1 is 1.69 bits per heavy atom. The summed E-state index contributed by atoms with van der Waals surface area (Å²) in [6, 6.07) is -0.565. The van der Waals surface area contributed by atoms with Gasteiger partial charge in [-0.1, -0.05) is 5.21 Å². The van der Waals surface area contributed by atoms with E-state index in [0.717, 1.165) is 0 Å². The number of rotatable bonds is 5. The van der Waals surface area contributed by atoms with Crippen molar-refractivity contribution in [1.29, 1.82) is 0 Å². The molecule has 0 spiro atoms. The van der Waals surface area contributed by atoms with Gasteiger partial charge in [0.05, 0.1) is 18.8 Å². The lowest BCUT2D eigenvalue weighted by Crippen LogP contribution is -2.39. The molecule has 0 bridgehead atoms. The summed E-state index contributed by atoms with van der Waals surface area (Å²) in [6.45, 7) is 2.24. The quantitative estimate of drug-likeness (QED) is 0.559. The smallest absolute Gasteiger partial charge is 0.358 e. The summed E-state index contributed by atoms with van der Waals surface area (Å²) in [7, 11) is 0. The number of nitrogens with two attached hydrogens (primary N) is 1. The maximum absolute atomic E-state index is 11.1. The lowest BCUT2D eigenvalue weighted by molar-refractivity contribution is -0.122. The van der Waals surface area contributed by atoms with Gasteiger partial charge in [0.2, 0.25) is 5.91 Å². The normalized spacial score (nSPS) is 12.1. The van der Waals surface area contributed by atoms with E-state index in [0.29, 0.717) is 13.1 Å². The van der Waals surface area contributed by atoms with Crippen LogP contribution < -0.4 is 11.1 Å². The highest BCUT2D eigenvalue weighted by atomic mass is 16.4. The van der Waals surface area contributed by atoms with E-state index in [4.69, 9.17) is 10.8 Å². The average molecular weight is 227 g/mol. The highest BCUT2D eigenvalue weighted by molar-refractivity contribution is 5.84. The Kier molecular flexibility index (Phi) is 3.95. The van der Waals surface area contributed by atoms with Gasteiger partial charge in [-0.15, -0.1) is 5.10 Å². The zero-order valence-electron chi connectivity index (χ0n) is 8.75. The standard InChI is InChI=1S/C8H13N5O3/c1-5(9)7(14)10-2-3-13-4-6(8(15)16)11-12-13/h4-5H,2-3,9H2,1H3,(H,10,14)(H,15,16). The summed E-state index contributed by atoms with van der Waals surface area (Å²) in [6.07, 6.45) is 1.29. The first-order valence-corrected chi connectivity index (χ1v) is 4.67. The summed E-state index contributed by atoms with van der Waals surface area (Å²) in [5, 5.41) is 18.2. The fraction of sp³-hybridized carbons (Fsp3) is 0.500. The number of nitrogens with zero attached hydrogens (tertiary/aromatic N) is 3. The van der Waals surface area contributed by atoms with Gasteiger partial charge in [0.1, 0.15) is 0 Å². The molecule has 0 aromatic carbocycles. The van der Waals surface area contributed by atoms with Crippen LogP contribution in [0.5, 0.6) is 0 Å². The van der Waals surface area contributed by atoms with Gasteiger partial charge in [-0.25, -0.2) is 9.48 Å². The van der Waals surface area contributed by atoms with Crippen LogP contribution in [0, 0.1) is 0 Å². The van der Waals surface area contributed by atoms with E-state index in [1.807, 2.05) is 0 Å². The Bertz CT molecular complexity index is 387. The summed E-state index contributed by atoms with van der Waals surface area (Å²) >= 11 is 0. The van der Waals surface area contributed by atoms with E-state index in [1.165, 1.54) is 10.9 Å². The predicted molar refractivity (Wildman–Crippen MR) is 53.6 cm³/mol. The van der Waals surface area contributed by atoms with Crippen molar-refractivity contribution in [2.45, 2.75) is 19.5 Å². The van der Waals surface area contributed by atoms with E-state index in [9.17, 15) is 9.59 Å². The molecule has 0 radical (unpaired) electrons. The maximum Gasteiger partial charge on any atom is 0.358 e. The average Bonchev–Trinajstić information content (AvgIpc) is 2.66. The predicted octanol–water partition coefficient (Wildman–Crippen LogP) is -1.56. The summed E-state index contributed by atoms with van der Waals surface area (Å²) in [4.78, 5) is 21.6. The van der Waals surface area contributed by atoms with Crippen LogP contribution in [0.4, 0.5) is 0 Å². The molecule has 1 aromatic heterocycles. The number of hydrogen-bond donors (Lipinski definition) is 3. The number of carboxylic acids is 1. The van der Waals surface area contributed by atoms with Crippen molar-refractivity contribution in [3.63, 3.8) is 0 Å². The first kappa shape index (κ1) is 12.1. The van der Waals surface area contributed by atoms with Crippen molar-refractivity contribution in [3.8, 4) is 0 Å². The zero-order valence-corrected chi connectivity index (χ0v) is 8.75. The van der Waals surface area contributed by atoms with Crippen LogP contribution >= 0.6 is 0 Å². The zero-order chi connectivity index (χ0) is 12.1. The Hall–Kier alpha value is -1.96. The van der Waals surface area contributed by atoms with Crippen molar-refractivity contribution in [2.24, 2.45) is 5.73 Å². The van der Waals surface area contributed by atoms with Gasteiger partial charge in [-0.2, -0.15) is 0 Å². The minimum absolute atomic E-state index is 0.126. The molecule has 8 nitrogen and oxygen atoms in total. The molecule has 8 heteroatoms. The van der Waals surface area contributed by atoms with Crippen molar-refractivity contribution in [3.05, 3.63) is 11.9 Å². The van der Waals surface area contributed by atoms with Crippen molar-refractivity contribution in [2.75, 3.05) is 6.54 Å². The first-order valence-electron chi connectivity index (χ1n) is 4.67. The SMILES string of the molecule is CC(N)C(=O)NCCn1cc(C(=O)O)nn1. The molecule has 0 saturated heterocycles. The number of amides is 1. The molecule has 1 atom stereocenters. The van der Waals surface area contributed by atoms with Gasteiger partial charge >= 0.3 is 5.97 Å². The molecule has 1 unspecified atom stereocenters. The highest BCUT2D eigenvalue weighted by Gasteiger charge is 2.09. The molecule has 1 rings (SSSR count). The second-order valence-electron chi connectivity index (χ2n) is 3.25. The molecule has 0 fully saturated rings. The monoisotopic (exact) mass is 227 g/mol. The van der Waals surface area contributed by atoms with Crippen molar-refractivity contribution < 1.29 is 14.7 Å². The number of hydrogen-bond acceptors (Lipinski definition) is 5. The lowest BCUT2D eigenvalue weighted by atomic mass is 10.3. The highest BCUT2D eigenvalue weighted by Crippen LogP contribution is 1.91. The molecule has 88 valence electrons. The number of carbonyl (C=O) groups is 2. The minimum atomic E-state index is -1.13. The number of carboxylic acid groups (broad SMARTS) is 1. The van der Waals surface area contributed by atoms with Crippen LogP contribution in [0.25, 0.3) is 0 Å². The molecular formula is C8H13N5O3. The van der Waals surface area contributed by atoms with Crippen LogP contribution in [0.1, 0.15) is 17.4 Å². The third-order valence-corrected chi connectivity index (χ3v) is 1.81. The second-order valence-corrected chi connectivity index (χ2v) is 3.25. The molecule has 16 heavy (non-hydrogen) atoms. The largest absolute Gasteiger partial charge is 0.476 e. The Morgan fingerprint density at radius 2 is 2.38 bits per heavy atom. The van der Waals surface area contributed by atoms with Crippen LogP contribution in [0.3, 0.4) is 0 Å². The van der Waals surface area contributed by atoms with E-state index in [2.05, 4.69) is 15.6 Å². The number of aromatic nitrogens is 3.